The molecule has 2 atom stereocenters. The second-order valence-corrected chi connectivity index (χ2v) is 9.86. The number of nitrogens with zero attached hydrogens (tertiary/aromatic N) is 3. The van der Waals surface area contributed by atoms with Gasteiger partial charge in [0.2, 0.25) is 0 Å². The van der Waals surface area contributed by atoms with Crippen LogP contribution in [0.3, 0.4) is 0 Å². The van der Waals surface area contributed by atoms with E-state index in [1.165, 1.54) is 16.8 Å². The maximum absolute atomic E-state index is 6.50. The number of hydrogen-bond donors (Lipinski definition) is 1. The van der Waals surface area contributed by atoms with E-state index in [9.17, 15) is 0 Å². The highest BCUT2D eigenvalue weighted by Gasteiger charge is 2.42. The van der Waals surface area contributed by atoms with E-state index in [-0.39, 0.29) is 12.1 Å². The molecule has 0 saturated carbocycles. The number of hydrogen-bond acceptors (Lipinski definition) is 2. The van der Waals surface area contributed by atoms with Crippen molar-refractivity contribution in [3.05, 3.63) is 112 Å². The Morgan fingerprint density at radius 3 is 2.46 bits per heavy atom. The molecule has 178 valence electrons. The lowest BCUT2D eigenvalue weighted by atomic mass is 9.96. The first kappa shape index (κ1) is 23.6. The van der Waals surface area contributed by atoms with Crippen molar-refractivity contribution in [1.82, 2.24) is 14.9 Å². The third-order valence-electron chi connectivity index (χ3n) is 6.99. The maximum Gasteiger partial charge on any atom is 0.174 e. The van der Waals surface area contributed by atoms with Gasteiger partial charge in [-0.15, -0.1) is 0 Å². The normalized spacial score (nSPS) is 17.6. The van der Waals surface area contributed by atoms with Crippen LogP contribution in [0.25, 0.3) is 5.69 Å². The summed E-state index contributed by atoms with van der Waals surface area (Å²) < 4.78 is 2.30. The lowest BCUT2D eigenvalue weighted by Gasteiger charge is -2.28. The Hall–Kier alpha value is -3.15. The molecule has 1 fully saturated rings. The van der Waals surface area contributed by atoms with E-state index in [0.717, 1.165) is 39.8 Å². The number of pyridine rings is 1. The summed E-state index contributed by atoms with van der Waals surface area (Å²) in [5.74, 6) is 0. The van der Waals surface area contributed by atoms with Crippen molar-refractivity contribution in [2.24, 2.45) is 0 Å². The molecule has 0 aliphatic carbocycles. The second-order valence-electron chi connectivity index (χ2n) is 9.06. The first-order valence-corrected chi connectivity index (χ1v) is 12.7. The molecule has 1 aliphatic heterocycles. The van der Waals surface area contributed by atoms with E-state index >= 15 is 0 Å². The van der Waals surface area contributed by atoms with Gasteiger partial charge in [-0.3, -0.25) is 4.98 Å². The van der Waals surface area contributed by atoms with Crippen molar-refractivity contribution >= 4 is 34.6 Å². The van der Waals surface area contributed by atoms with Gasteiger partial charge in [0.25, 0.3) is 0 Å². The predicted octanol–water partition coefficient (Wildman–Crippen LogP) is 7.19. The zero-order chi connectivity index (χ0) is 24.7. The van der Waals surface area contributed by atoms with Gasteiger partial charge in [-0.2, -0.15) is 0 Å². The van der Waals surface area contributed by atoms with Crippen LogP contribution in [0, 0.1) is 20.8 Å². The van der Waals surface area contributed by atoms with E-state index in [4.69, 9.17) is 28.8 Å². The van der Waals surface area contributed by atoms with E-state index in [1.807, 2.05) is 30.5 Å². The van der Waals surface area contributed by atoms with Crippen molar-refractivity contribution in [2.45, 2.75) is 46.2 Å². The summed E-state index contributed by atoms with van der Waals surface area (Å²) in [6.45, 7) is 8.57. The minimum absolute atomic E-state index is 0.0516. The Bertz CT molecular complexity index is 1380. The number of aromatic nitrogens is 2. The van der Waals surface area contributed by atoms with Crippen molar-refractivity contribution in [3.63, 3.8) is 0 Å². The summed E-state index contributed by atoms with van der Waals surface area (Å²) in [7, 11) is 0. The molecule has 1 aliphatic rings. The van der Waals surface area contributed by atoms with Crippen LogP contribution >= 0.6 is 23.8 Å². The Labute approximate surface area is 217 Å². The van der Waals surface area contributed by atoms with Crippen LogP contribution in [0.2, 0.25) is 5.02 Å². The minimum Gasteiger partial charge on any atom is -0.351 e. The number of anilines is 1. The fourth-order valence-electron chi connectivity index (χ4n) is 5.14. The van der Waals surface area contributed by atoms with E-state index in [2.05, 4.69) is 84.9 Å². The number of nitrogens with one attached hydrogen (secondary N) is 1. The molecule has 3 heterocycles. The molecule has 2 aromatic heterocycles. The average Bonchev–Trinajstić information content (AvgIpc) is 3.36. The van der Waals surface area contributed by atoms with Crippen LogP contribution in [0.1, 0.15) is 52.8 Å². The van der Waals surface area contributed by atoms with Crippen molar-refractivity contribution in [1.29, 1.82) is 0 Å². The van der Waals surface area contributed by atoms with Gasteiger partial charge in [-0.05, 0) is 98.6 Å². The van der Waals surface area contributed by atoms with Crippen molar-refractivity contribution < 1.29 is 0 Å². The average molecular weight is 501 g/mol. The molecule has 5 rings (SSSR count). The van der Waals surface area contributed by atoms with E-state index in [0.29, 0.717) is 5.11 Å². The molecule has 0 spiro atoms. The third kappa shape index (κ3) is 4.13. The van der Waals surface area contributed by atoms with Gasteiger partial charge in [-0.25, -0.2) is 0 Å². The Morgan fingerprint density at radius 1 is 1.00 bits per heavy atom. The van der Waals surface area contributed by atoms with Crippen LogP contribution in [-0.4, -0.2) is 14.7 Å². The number of halogens is 1. The van der Waals surface area contributed by atoms with Crippen molar-refractivity contribution in [3.8, 4) is 5.69 Å². The predicted molar refractivity (Wildman–Crippen MR) is 149 cm³/mol. The summed E-state index contributed by atoms with van der Waals surface area (Å²) in [6.07, 6.45) is 2.84. The lowest BCUT2D eigenvalue weighted by Crippen LogP contribution is -2.29. The summed E-state index contributed by atoms with van der Waals surface area (Å²) >= 11 is 12.4. The maximum atomic E-state index is 6.50. The first-order valence-electron chi connectivity index (χ1n) is 11.9. The van der Waals surface area contributed by atoms with E-state index < -0.39 is 0 Å². The zero-order valence-electron chi connectivity index (χ0n) is 20.4. The van der Waals surface area contributed by atoms with Gasteiger partial charge in [0.05, 0.1) is 17.8 Å². The smallest absolute Gasteiger partial charge is 0.174 e. The van der Waals surface area contributed by atoms with Gasteiger partial charge in [-0.1, -0.05) is 42.8 Å². The molecule has 1 N–H and O–H groups in total. The fraction of sp³-hybridized carbons (Fsp3) is 0.241. The summed E-state index contributed by atoms with van der Waals surface area (Å²) in [5.41, 5.74) is 9.05. The topological polar surface area (TPSA) is 33.1 Å². The molecule has 0 unspecified atom stereocenters. The molecule has 6 heteroatoms. The first-order chi connectivity index (χ1) is 16.9. The molecular weight excluding hydrogens is 472 g/mol. The van der Waals surface area contributed by atoms with Gasteiger partial charge < -0.3 is 14.8 Å². The third-order valence-corrected chi connectivity index (χ3v) is 7.71. The van der Waals surface area contributed by atoms with Crippen molar-refractivity contribution in [2.75, 3.05) is 4.90 Å². The Morgan fingerprint density at radius 2 is 1.77 bits per heavy atom. The highest BCUT2D eigenvalue weighted by molar-refractivity contribution is 7.80. The molecule has 0 bridgehead atoms. The van der Waals surface area contributed by atoms with Gasteiger partial charge >= 0.3 is 0 Å². The lowest BCUT2D eigenvalue weighted by molar-refractivity contribution is 0.565. The molecule has 2 aromatic carbocycles. The molecule has 4 nitrogen and oxygen atoms in total. The van der Waals surface area contributed by atoms with Crippen LogP contribution in [-0.2, 0) is 6.42 Å². The van der Waals surface area contributed by atoms with Crippen LogP contribution in [0.5, 0.6) is 0 Å². The molecule has 0 radical (unpaired) electrons. The largest absolute Gasteiger partial charge is 0.351 e. The van der Waals surface area contributed by atoms with Gasteiger partial charge in [0.1, 0.15) is 0 Å². The minimum atomic E-state index is -0.0797. The summed E-state index contributed by atoms with van der Waals surface area (Å²) in [5, 5.41) is 5.05. The van der Waals surface area contributed by atoms with Gasteiger partial charge in [0, 0.05) is 34.0 Å². The van der Waals surface area contributed by atoms with Crippen LogP contribution < -0.4 is 10.2 Å². The molecule has 35 heavy (non-hydrogen) atoms. The summed E-state index contributed by atoms with van der Waals surface area (Å²) in [6, 6.07) is 23.0. The van der Waals surface area contributed by atoms with Crippen LogP contribution in [0.15, 0.2) is 72.9 Å². The number of aryl methyl sites for hydroxylation is 2. The second kappa shape index (κ2) is 9.48. The molecule has 1 saturated heterocycles. The number of thiocarbonyl (C=S) groups is 1. The molecular formula is C29H29ClN4S. The zero-order valence-corrected chi connectivity index (χ0v) is 22.0. The summed E-state index contributed by atoms with van der Waals surface area (Å²) in [4.78, 5) is 6.94. The highest BCUT2D eigenvalue weighted by Crippen LogP contribution is 2.44. The standard InChI is InChI=1S/C29H29ClN4S/c1-5-21-12-14-22(15-13-21)34-28(27(32-29(34)35)25-10-6-7-16-31-25)23-17-18(2)33(20(23)4)26-11-8-9-24(30)19(26)3/h6-17,27-28H,5H2,1-4H3,(H,32,35)/t27-,28+/m0/s1. The Kier molecular flexibility index (Phi) is 6.39. The number of rotatable bonds is 5. The number of benzene rings is 2. The van der Waals surface area contributed by atoms with Crippen LogP contribution in [0.4, 0.5) is 5.69 Å². The van der Waals surface area contributed by atoms with E-state index in [1.54, 1.807) is 0 Å². The molecule has 4 aromatic rings. The fourth-order valence-corrected chi connectivity index (χ4v) is 5.65. The SMILES string of the molecule is CCc1ccc(N2C(=S)N[C@@H](c3ccccn3)[C@H]2c2cc(C)n(-c3cccc(Cl)c3C)c2C)cc1. The van der Waals surface area contributed by atoms with Gasteiger partial charge in [0.15, 0.2) is 5.11 Å². The quantitative estimate of drug-likeness (QED) is 0.294. The monoisotopic (exact) mass is 500 g/mol. The Balaban J connectivity index is 1.68. The molecule has 0 amide bonds. The highest BCUT2D eigenvalue weighted by atomic mass is 35.5.